The van der Waals surface area contributed by atoms with Crippen molar-refractivity contribution in [3.63, 3.8) is 0 Å². The van der Waals surface area contributed by atoms with Crippen LogP contribution in [0, 0.1) is 0 Å². The maximum absolute atomic E-state index is 12.8. The molecule has 118 valence electrons. The van der Waals surface area contributed by atoms with E-state index in [0.29, 0.717) is 6.54 Å². The minimum absolute atomic E-state index is 0.0313. The van der Waals surface area contributed by atoms with Crippen LogP contribution in [-0.2, 0) is 6.18 Å². The molecule has 5 nitrogen and oxygen atoms in total. The van der Waals surface area contributed by atoms with Crippen LogP contribution in [0.2, 0.25) is 0 Å². The van der Waals surface area contributed by atoms with Gasteiger partial charge in [0, 0.05) is 12.6 Å². The summed E-state index contributed by atoms with van der Waals surface area (Å²) in [6.45, 7) is 6.06. The second-order valence-electron chi connectivity index (χ2n) is 4.59. The second-order valence-corrected chi connectivity index (χ2v) is 4.59. The number of nitrogens with zero attached hydrogens (tertiary/aromatic N) is 3. The second kappa shape index (κ2) is 6.64. The molecule has 3 N–H and O–H groups in total. The monoisotopic (exact) mass is 304 g/mol. The number of aromatic nitrogens is 1. The van der Waals surface area contributed by atoms with E-state index in [1.165, 1.54) is 6.07 Å². The van der Waals surface area contributed by atoms with Gasteiger partial charge in [-0.05, 0) is 32.4 Å². The lowest BCUT2D eigenvalue weighted by Crippen LogP contribution is -2.35. The molecular formula is C13H19F3N4O. The molecule has 8 heteroatoms. The molecule has 0 aliphatic rings. The number of halogens is 3. The summed E-state index contributed by atoms with van der Waals surface area (Å²) < 4.78 is 38.5. The van der Waals surface area contributed by atoms with Crippen molar-refractivity contribution in [2.24, 2.45) is 10.9 Å². The molecule has 1 rings (SSSR count). The van der Waals surface area contributed by atoms with Gasteiger partial charge in [-0.2, -0.15) is 13.2 Å². The van der Waals surface area contributed by atoms with Crippen molar-refractivity contribution in [3.05, 3.63) is 23.4 Å². The van der Waals surface area contributed by atoms with Gasteiger partial charge in [0.2, 0.25) is 0 Å². The van der Waals surface area contributed by atoms with Crippen molar-refractivity contribution in [3.8, 4) is 0 Å². The van der Waals surface area contributed by atoms with Gasteiger partial charge in [-0.25, -0.2) is 4.98 Å². The van der Waals surface area contributed by atoms with Gasteiger partial charge in [-0.3, -0.25) is 0 Å². The Kier molecular flexibility index (Phi) is 5.40. The molecule has 1 heterocycles. The summed E-state index contributed by atoms with van der Waals surface area (Å²) >= 11 is 0. The lowest BCUT2D eigenvalue weighted by molar-refractivity contribution is -0.141. The molecule has 0 fully saturated rings. The Balaban J connectivity index is 3.48. The number of alkyl halides is 3. The van der Waals surface area contributed by atoms with Crippen LogP contribution in [0.15, 0.2) is 17.3 Å². The maximum Gasteiger partial charge on any atom is 0.433 e. The summed E-state index contributed by atoms with van der Waals surface area (Å²) in [5, 5.41) is 11.6. The average molecular weight is 304 g/mol. The Morgan fingerprint density at radius 1 is 1.43 bits per heavy atom. The number of anilines is 1. The van der Waals surface area contributed by atoms with E-state index in [9.17, 15) is 13.2 Å². The normalized spacial score (nSPS) is 14.1. The van der Waals surface area contributed by atoms with E-state index >= 15 is 0 Å². The fourth-order valence-electron chi connectivity index (χ4n) is 1.97. The van der Waals surface area contributed by atoms with Crippen LogP contribution in [0.1, 0.15) is 38.4 Å². The predicted molar refractivity (Wildman–Crippen MR) is 74.5 cm³/mol. The van der Waals surface area contributed by atoms with E-state index in [1.54, 1.807) is 4.90 Å². The Morgan fingerprint density at radius 2 is 2.05 bits per heavy atom. The van der Waals surface area contributed by atoms with E-state index < -0.39 is 11.9 Å². The van der Waals surface area contributed by atoms with Crippen molar-refractivity contribution in [2.75, 3.05) is 11.4 Å². The van der Waals surface area contributed by atoms with E-state index in [2.05, 4.69) is 10.1 Å². The van der Waals surface area contributed by atoms with Crippen molar-refractivity contribution < 1.29 is 18.4 Å². The summed E-state index contributed by atoms with van der Waals surface area (Å²) in [6.07, 6.45) is -3.82. The first-order chi connectivity index (χ1) is 9.76. The topological polar surface area (TPSA) is 74.7 Å². The highest BCUT2D eigenvalue weighted by Gasteiger charge is 2.34. The maximum atomic E-state index is 12.8. The van der Waals surface area contributed by atoms with Gasteiger partial charge >= 0.3 is 6.18 Å². The molecule has 0 amide bonds. The van der Waals surface area contributed by atoms with E-state index in [0.717, 1.165) is 12.5 Å². The molecule has 21 heavy (non-hydrogen) atoms. The van der Waals surface area contributed by atoms with E-state index in [4.69, 9.17) is 10.9 Å². The Morgan fingerprint density at radius 3 is 2.48 bits per heavy atom. The first kappa shape index (κ1) is 17.1. The predicted octanol–water partition coefficient (Wildman–Crippen LogP) is 2.82. The van der Waals surface area contributed by atoms with Crippen molar-refractivity contribution >= 4 is 11.7 Å². The van der Waals surface area contributed by atoms with E-state index in [-0.39, 0.29) is 23.3 Å². The number of amidine groups is 1. The number of hydrogen-bond donors (Lipinski definition) is 2. The van der Waals surface area contributed by atoms with Gasteiger partial charge in [-0.15, -0.1) is 0 Å². The molecule has 0 radical (unpaired) electrons. The first-order valence-electron chi connectivity index (χ1n) is 6.58. The standard InChI is InChI=1S/C13H19F3N4O/c1-4-8(3)20(5-2)12-9(11(17)19-21)6-7-10(18-12)13(14,15)16/h6-8,21H,4-5H2,1-3H3,(H2,17,19). The van der Waals surface area contributed by atoms with Crippen LogP contribution in [0.3, 0.4) is 0 Å². The minimum atomic E-state index is -4.55. The number of pyridine rings is 1. The van der Waals surface area contributed by atoms with Crippen molar-refractivity contribution in [1.29, 1.82) is 0 Å². The van der Waals surface area contributed by atoms with Gasteiger partial charge in [0.15, 0.2) is 5.84 Å². The molecular weight excluding hydrogens is 285 g/mol. The fraction of sp³-hybridized carbons (Fsp3) is 0.538. The zero-order chi connectivity index (χ0) is 16.2. The molecule has 0 saturated heterocycles. The highest BCUT2D eigenvalue weighted by atomic mass is 19.4. The van der Waals surface area contributed by atoms with Crippen molar-refractivity contribution in [2.45, 2.75) is 39.4 Å². The molecule has 0 bridgehead atoms. The highest BCUT2D eigenvalue weighted by molar-refractivity contribution is 6.01. The van der Waals surface area contributed by atoms with Gasteiger partial charge in [0.25, 0.3) is 0 Å². The third-order valence-electron chi connectivity index (χ3n) is 3.28. The summed E-state index contributed by atoms with van der Waals surface area (Å²) in [5.74, 6) is -0.204. The average Bonchev–Trinajstić information content (AvgIpc) is 2.45. The largest absolute Gasteiger partial charge is 0.433 e. The fourth-order valence-corrected chi connectivity index (χ4v) is 1.97. The van der Waals surface area contributed by atoms with Crippen LogP contribution in [-0.4, -0.2) is 28.6 Å². The number of nitrogens with two attached hydrogens (primary N) is 1. The quantitative estimate of drug-likeness (QED) is 0.380. The lowest BCUT2D eigenvalue weighted by Gasteiger charge is -2.30. The smallest absolute Gasteiger partial charge is 0.409 e. The number of oxime groups is 1. The summed E-state index contributed by atoms with van der Waals surface area (Å²) in [4.78, 5) is 5.38. The van der Waals surface area contributed by atoms with Crippen LogP contribution in [0.5, 0.6) is 0 Å². The molecule has 1 aromatic rings. The van der Waals surface area contributed by atoms with Crippen LogP contribution in [0.25, 0.3) is 0 Å². The molecule has 0 saturated carbocycles. The third kappa shape index (κ3) is 3.77. The van der Waals surface area contributed by atoms with Gasteiger partial charge in [0.1, 0.15) is 11.5 Å². The highest BCUT2D eigenvalue weighted by Crippen LogP contribution is 2.31. The van der Waals surface area contributed by atoms with Gasteiger partial charge < -0.3 is 15.8 Å². The summed E-state index contributed by atoms with van der Waals surface area (Å²) in [7, 11) is 0. The minimum Gasteiger partial charge on any atom is -0.409 e. The van der Waals surface area contributed by atoms with Crippen molar-refractivity contribution in [1.82, 2.24) is 4.98 Å². The summed E-state index contributed by atoms with van der Waals surface area (Å²) in [5.41, 5.74) is 4.71. The molecule has 1 aromatic heterocycles. The first-order valence-corrected chi connectivity index (χ1v) is 6.58. The number of hydrogen-bond acceptors (Lipinski definition) is 4. The van der Waals surface area contributed by atoms with Gasteiger partial charge in [-0.1, -0.05) is 12.1 Å². The van der Waals surface area contributed by atoms with Crippen LogP contribution >= 0.6 is 0 Å². The van der Waals surface area contributed by atoms with E-state index in [1.807, 2.05) is 20.8 Å². The Labute approximate surface area is 121 Å². The lowest BCUT2D eigenvalue weighted by atomic mass is 10.1. The molecule has 0 aliphatic carbocycles. The van der Waals surface area contributed by atoms with Gasteiger partial charge in [0.05, 0.1) is 5.56 Å². The third-order valence-corrected chi connectivity index (χ3v) is 3.28. The zero-order valence-electron chi connectivity index (χ0n) is 12.1. The molecule has 1 atom stereocenters. The Bertz CT molecular complexity index is 517. The Hall–Kier alpha value is -1.99. The number of rotatable bonds is 5. The molecule has 1 unspecified atom stereocenters. The summed E-state index contributed by atoms with van der Waals surface area (Å²) in [6, 6.07) is 1.96. The zero-order valence-corrected chi connectivity index (χ0v) is 12.1. The van der Waals surface area contributed by atoms with Crippen LogP contribution in [0.4, 0.5) is 19.0 Å². The molecule has 0 spiro atoms. The molecule has 0 aliphatic heterocycles. The van der Waals surface area contributed by atoms with Crippen LogP contribution < -0.4 is 10.6 Å². The molecule has 0 aromatic carbocycles. The SMILES string of the molecule is CCC(C)N(CC)c1nc(C(F)(F)F)ccc1C(N)=NO.